The fourth-order valence-electron chi connectivity index (χ4n) is 3.15. The molecule has 2 aromatic rings. The van der Waals surface area contributed by atoms with E-state index in [0.717, 1.165) is 24.5 Å². The quantitative estimate of drug-likeness (QED) is 0.924. The van der Waals surface area contributed by atoms with E-state index in [4.69, 9.17) is 9.47 Å². The molecule has 0 aliphatic carbocycles. The number of rotatable bonds is 2. The van der Waals surface area contributed by atoms with Gasteiger partial charge in [-0.3, -0.25) is 0 Å². The van der Waals surface area contributed by atoms with Gasteiger partial charge < -0.3 is 19.7 Å². The lowest BCUT2D eigenvalue weighted by Crippen LogP contribution is -2.47. The summed E-state index contributed by atoms with van der Waals surface area (Å²) in [5.74, 6) is 1.49. The molecule has 0 bridgehead atoms. The summed E-state index contributed by atoms with van der Waals surface area (Å²) in [6.07, 6.45) is 0.737. The van der Waals surface area contributed by atoms with Crippen molar-refractivity contribution in [3.8, 4) is 11.5 Å². The number of hydrogen-bond acceptors (Lipinski definition) is 3. The van der Waals surface area contributed by atoms with Crippen molar-refractivity contribution in [1.82, 2.24) is 10.2 Å². The minimum Gasteiger partial charge on any atom is -0.486 e. The number of carbonyl (C=O) groups is 1. The molecule has 2 amide bonds. The normalized spacial score (nSPS) is 18.7. The minimum atomic E-state index is -0.166. The summed E-state index contributed by atoms with van der Waals surface area (Å²) < 4.78 is 11.5. The SMILES string of the molecule is O=C(NCC1COc2ccccc2O1)N1CCc2ccccc2C1. The van der Waals surface area contributed by atoms with E-state index < -0.39 is 0 Å². The third-order valence-electron chi connectivity index (χ3n) is 4.47. The van der Waals surface area contributed by atoms with Crippen molar-refractivity contribution in [2.45, 2.75) is 19.1 Å². The maximum atomic E-state index is 12.4. The smallest absolute Gasteiger partial charge is 0.317 e. The number of benzene rings is 2. The van der Waals surface area contributed by atoms with Gasteiger partial charge in [0.05, 0.1) is 6.54 Å². The molecule has 1 unspecified atom stereocenters. The van der Waals surface area contributed by atoms with Gasteiger partial charge in [0, 0.05) is 13.1 Å². The van der Waals surface area contributed by atoms with Crippen LogP contribution in [-0.4, -0.2) is 36.7 Å². The highest BCUT2D eigenvalue weighted by Gasteiger charge is 2.24. The van der Waals surface area contributed by atoms with Crippen molar-refractivity contribution in [2.24, 2.45) is 0 Å². The molecule has 1 N–H and O–H groups in total. The van der Waals surface area contributed by atoms with Crippen LogP contribution in [0, 0.1) is 0 Å². The van der Waals surface area contributed by atoms with Crippen molar-refractivity contribution in [1.29, 1.82) is 0 Å². The first kappa shape index (κ1) is 14.9. The van der Waals surface area contributed by atoms with Crippen LogP contribution in [0.1, 0.15) is 11.1 Å². The summed E-state index contributed by atoms with van der Waals surface area (Å²) >= 11 is 0. The van der Waals surface area contributed by atoms with Gasteiger partial charge in [0.2, 0.25) is 0 Å². The van der Waals surface area contributed by atoms with Gasteiger partial charge in [-0.05, 0) is 29.7 Å². The molecule has 2 heterocycles. The average molecular weight is 324 g/mol. The van der Waals surface area contributed by atoms with Gasteiger partial charge in [0.25, 0.3) is 0 Å². The molecular formula is C19H20N2O3. The second-order valence-corrected chi connectivity index (χ2v) is 6.12. The monoisotopic (exact) mass is 324 g/mol. The second kappa shape index (κ2) is 6.43. The number of nitrogens with zero attached hydrogens (tertiary/aromatic N) is 1. The third-order valence-corrected chi connectivity index (χ3v) is 4.47. The topological polar surface area (TPSA) is 50.8 Å². The number of fused-ring (bicyclic) bond motifs is 2. The van der Waals surface area contributed by atoms with Crippen molar-refractivity contribution in [2.75, 3.05) is 19.7 Å². The fourth-order valence-corrected chi connectivity index (χ4v) is 3.15. The molecule has 5 nitrogen and oxygen atoms in total. The summed E-state index contributed by atoms with van der Waals surface area (Å²) in [5, 5.41) is 2.97. The maximum Gasteiger partial charge on any atom is 0.317 e. The molecule has 5 heteroatoms. The molecule has 2 aliphatic rings. The van der Waals surface area contributed by atoms with E-state index in [9.17, 15) is 4.79 Å². The van der Waals surface area contributed by atoms with E-state index in [1.165, 1.54) is 11.1 Å². The Labute approximate surface area is 141 Å². The Balaban J connectivity index is 1.32. The van der Waals surface area contributed by atoms with Crippen LogP contribution >= 0.6 is 0 Å². The molecular weight excluding hydrogens is 304 g/mol. The number of amides is 2. The van der Waals surface area contributed by atoms with Gasteiger partial charge in [0.1, 0.15) is 6.61 Å². The van der Waals surface area contributed by atoms with Gasteiger partial charge in [-0.1, -0.05) is 36.4 Å². The molecule has 4 rings (SSSR count). The summed E-state index contributed by atoms with van der Waals surface area (Å²) in [6.45, 7) is 2.28. The second-order valence-electron chi connectivity index (χ2n) is 6.12. The Morgan fingerprint density at radius 1 is 1.08 bits per heavy atom. The van der Waals surface area contributed by atoms with Crippen LogP contribution in [0.5, 0.6) is 11.5 Å². The number of carbonyl (C=O) groups excluding carboxylic acids is 1. The summed E-state index contributed by atoms with van der Waals surface area (Å²) in [5.41, 5.74) is 2.56. The third kappa shape index (κ3) is 3.02. The summed E-state index contributed by atoms with van der Waals surface area (Å²) in [6, 6.07) is 15.8. The Bertz CT molecular complexity index is 747. The Hall–Kier alpha value is -2.69. The fraction of sp³-hybridized carbons (Fsp3) is 0.316. The van der Waals surface area contributed by atoms with E-state index in [1.807, 2.05) is 41.3 Å². The van der Waals surface area contributed by atoms with Crippen LogP contribution in [0.25, 0.3) is 0 Å². The zero-order valence-electron chi connectivity index (χ0n) is 13.4. The molecule has 24 heavy (non-hydrogen) atoms. The number of urea groups is 1. The number of para-hydroxylation sites is 2. The zero-order valence-corrected chi connectivity index (χ0v) is 13.4. The van der Waals surface area contributed by atoms with Crippen molar-refractivity contribution in [3.05, 3.63) is 59.7 Å². The molecule has 0 aromatic heterocycles. The van der Waals surface area contributed by atoms with Crippen LogP contribution < -0.4 is 14.8 Å². The van der Waals surface area contributed by atoms with E-state index in [0.29, 0.717) is 19.7 Å². The van der Waals surface area contributed by atoms with Gasteiger partial charge >= 0.3 is 6.03 Å². The van der Waals surface area contributed by atoms with Crippen molar-refractivity contribution < 1.29 is 14.3 Å². The molecule has 0 saturated carbocycles. The molecule has 0 spiro atoms. The Morgan fingerprint density at radius 2 is 1.83 bits per heavy atom. The molecule has 0 fully saturated rings. The van der Waals surface area contributed by atoms with Crippen LogP contribution in [0.4, 0.5) is 4.79 Å². The highest BCUT2D eigenvalue weighted by Crippen LogP contribution is 2.30. The predicted octanol–water partition coefficient (Wildman–Crippen LogP) is 2.59. The van der Waals surface area contributed by atoms with E-state index in [1.54, 1.807) is 0 Å². The van der Waals surface area contributed by atoms with Crippen LogP contribution in [-0.2, 0) is 13.0 Å². The lowest BCUT2D eigenvalue weighted by molar-refractivity contribution is 0.0898. The lowest BCUT2D eigenvalue weighted by Gasteiger charge is -2.30. The van der Waals surface area contributed by atoms with Crippen molar-refractivity contribution >= 4 is 6.03 Å². The molecule has 0 saturated heterocycles. The van der Waals surface area contributed by atoms with Gasteiger partial charge in [-0.15, -0.1) is 0 Å². The largest absolute Gasteiger partial charge is 0.486 e. The molecule has 124 valence electrons. The number of ether oxygens (including phenoxy) is 2. The van der Waals surface area contributed by atoms with E-state index in [-0.39, 0.29) is 12.1 Å². The first-order valence-corrected chi connectivity index (χ1v) is 8.27. The molecule has 0 radical (unpaired) electrons. The summed E-state index contributed by atoms with van der Waals surface area (Å²) in [7, 11) is 0. The molecule has 1 atom stereocenters. The minimum absolute atomic E-state index is 0.0491. The standard InChI is InChI=1S/C19H20N2O3/c22-19(21-10-9-14-5-1-2-6-15(14)12-21)20-11-16-13-23-17-7-3-4-8-18(17)24-16/h1-8,16H,9-13H2,(H,20,22). The first-order chi connectivity index (χ1) is 11.8. The van der Waals surface area contributed by atoms with Gasteiger partial charge in [0.15, 0.2) is 17.6 Å². The molecule has 2 aliphatic heterocycles. The van der Waals surface area contributed by atoms with Crippen molar-refractivity contribution in [3.63, 3.8) is 0 Å². The van der Waals surface area contributed by atoms with Gasteiger partial charge in [-0.25, -0.2) is 4.79 Å². The van der Waals surface area contributed by atoms with E-state index in [2.05, 4.69) is 17.4 Å². The van der Waals surface area contributed by atoms with Crippen LogP contribution in [0.3, 0.4) is 0 Å². The summed E-state index contributed by atoms with van der Waals surface area (Å²) in [4.78, 5) is 14.3. The molecule has 2 aromatic carbocycles. The predicted molar refractivity (Wildman–Crippen MR) is 90.3 cm³/mol. The number of hydrogen-bond donors (Lipinski definition) is 1. The average Bonchev–Trinajstić information content (AvgIpc) is 2.65. The lowest BCUT2D eigenvalue weighted by atomic mass is 10.0. The zero-order chi connectivity index (χ0) is 16.4. The van der Waals surface area contributed by atoms with Crippen LogP contribution in [0.2, 0.25) is 0 Å². The number of nitrogens with one attached hydrogen (secondary N) is 1. The van der Waals surface area contributed by atoms with Crippen LogP contribution in [0.15, 0.2) is 48.5 Å². The first-order valence-electron chi connectivity index (χ1n) is 8.27. The Kier molecular flexibility index (Phi) is 3.99. The highest BCUT2D eigenvalue weighted by atomic mass is 16.6. The van der Waals surface area contributed by atoms with Gasteiger partial charge in [-0.2, -0.15) is 0 Å². The highest BCUT2D eigenvalue weighted by molar-refractivity contribution is 5.74. The maximum absolute atomic E-state index is 12.4. The van der Waals surface area contributed by atoms with E-state index >= 15 is 0 Å². The Morgan fingerprint density at radius 3 is 2.71 bits per heavy atom.